The van der Waals surface area contributed by atoms with Gasteiger partial charge in [-0.3, -0.25) is 5.10 Å². The summed E-state index contributed by atoms with van der Waals surface area (Å²) in [5.74, 6) is -1.05. The molecule has 0 aliphatic rings. The Bertz CT molecular complexity index is 480. The number of nitrogens with zero attached hydrogens (tertiary/aromatic N) is 1. The van der Waals surface area contributed by atoms with E-state index in [2.05, 4.69) is 10.2 Å². The van der Waals surface area contributed by atoms with Crippen molar-refractivity contribution in [2.45, 2.75) is 0 Å². The predicted molar refractivity (Wildman–Crippen MR) is 54.7 cm³/mol. The van der Waals surface area contributed by atoms with Crippen LogP contribution in [0.2, 0.25) is 0 Å². The number of rotatable bonds is 1. The first-order chi connectivity index (χ1) is 6.18. The fraction of sp³-hybridized carbons (Fsp3) is 0. The molecule has 0 amide bonds. The van der Waals surface area contributed by atoms with Crippen LogP contribution in [0, 0.1) is 0 Å². The van der Waals surface area contributed by atoms with Crippen LogP contribution < -0.4 is 5.73 Å². The molecule has 1 aromatic carbocycles. The van der Waals surface area contributed by atoms with E-state index < -0.39 is 5.97 Å². The molecule has 2 rings (SSSR count). The van der Waals surface area contributed by atoms with Gasteiger partial charge in [-0.05, 0) is 18.2 Å². The smallest absolute Gasteiger partial charge is 0.357 e. The van der Waals surface area contributed by atoms with Gasteiger partial charge in [-0.1, -0.05) is 0 Å². The van der Waals surface area contributed by atoms with E-state index in [0.717, 1.165) is 0 Å². The lowest BCUT2D eigenvalue weighted by atomic mass is 10.2. The van der Waals surface area contributed by atoms with Gasteiger partial charge in [0.05, 0.1) is 5.52 Å². The first kappa shape index (κ1) is 10.3. The fourth-order valence-electron chi connectivity index (χ4n) is 1.20. The van der Waals surface area contributed by atoms with Crippen molar-refractivity contribution in [3.8, 4) is 0 Å². The van der Waals surface area contributed by atoms with Gasteiger partial charge in [0.1, 0.15) is 0 Å². The zero-order chi connectivity index (χ0) is 9.42. The normalized spacial score (nSPS) is 9.71. The highest BCUT2D eigenvalue weighted by molar-refractivity contribution is 6.01. The molecule has 0 bridgehead atoms. The minimum absolute atomic E-state index is 0. The van der Waals surface area contributed by atoms with E-state index in [1.165, 1.54) is 0 Å². The molecule has 0 aliphatic carbocycles. The summed E-state index contributed by atoms with van der Waals surface area (Å²) in [6, 6.07) is 4.93. The molecule has 0 saturated carbocycles. The van der Waals surface area contributed by atoms with Crippen LogP contribution in [0.3, 0.4) is 0 Å². The maximum atomic E-state index is 10.6. The van der Waals surface area contributed by atoms with Gasteiger partial charge in [-0.2, -0.15) is 5.10 Å². The molecule has 0 atom stereocenters. The summed E-state index contributed by atoms with van der Waals surface area (Å²) >= 11 is 0. The SMILES string of the molecule is Cl.Nc1ccc2c(C(=O)O)n[nH]c2c1. The number of hydrogen-bond acceptors (Lipinski definition) is 3. The van der Waals surface area contributed by atoms with E-state index in [0.29, 0.717) is 16.6 Å². The Labute approximate surface area is 85.3 Å². The average Bonchev–Trinajstić information content (AvgIpc) is 2.46. The Morgan fingerprint density at radius 1 is 1.50 bits per heavy atom. The van der Waals surface area contributed by atoms with E-state index in [1.807, 2.05) is 0 Å². The molecule has 0 aliphatic heterocycles. The molecule has 2 aromatic rings. The molecular weight excluding hydrogens is 206 g/mol. The number of benzene rings is 1. The number of hydrogen-bond donors (Lipinski definition) is 3. The maximum absolute atomic E-state index is 10.6. The van der Waals surface area contributed by atoms with E-state index in [4.69, 9.17) is 10.8 Å². The molecule has 1 aromatic heterocycles. The number of nitrogens with two attached hydrogens (primary N) is 1. The molecule has 74 valence electrons. The number of aromatic amines is 1. The molecule has 0 radical (unpaired) electrons. The Morgan fingerprint density at radius 2 is 2.21 bits per heavy atom. The number of carbonyl (C=O) groups is 1. The minimum Gasteiger partial charge on any atom is -0.476 e. The third kappa shape index (κ3) is 1.49. The molecule has 5 nitrogen and oxygen atoms in total. The Hall–Kier alpha value is -1.75. The van der Waals surface area contributed by atoms with Crippen molar-refractivity contribution in [3.63, 3.8) is 0 Å². The number of nitrogens with one attached hydrogen (secondary N) is 1. The van der Waals surface area contributed by atoms with Crippen molar-refractivity contribution >= 4 is 35.0 Å². The van der Waals surface area contributed by atoms with Crippen LogP contribution >= 0.6 is 12.4 Å². The molecule has 0 spiro atoms. The van der Waals surface area contributed by atoms with Gasteiger partial charge in [0.15, 0.2) is 5.69 Å². The molecule has 14 heavy (non-hydrogen) atoms. The van der Waals surface area contributed by atoms with E-state index in [1.54, 1.807) is 18.2 Å². The Kier molecular flexibility index (Phi) is 2.62. The second-order valence-electron chi connectivity index (χ2n) is 2.68. The highest BCUT2D eigenvalue weighted by Gasteiger charge is 2.11. The third-order valence-corrected chi connectivity index (χ3v) is 1.79. The third-order valence-electron chi connectivity index (χ3n) is 1.79. The van der Waals surface area contributed by atoms with E-state index >= 15 is 0 Å². The fourth-order valence-corrected chi connectivity index (χ4v) is 1.20. The number of halogens is 1. The minimum atomic E-state index is -1.05. The molecule has 0 fully saturated rings. The Balaban J connectivity index is 0.000000980. The van der Waals surface area contributed by atoms with Crippen LogP contribution in [0.25, 0.3) is 10.9 Å². The van der Waals surface area contributed by atoms with Crippen LogP contribution in [0.1, 0.15) is 10.5 Å². The summed E-state index contributed by atoms with van der Waals surface area (Å²) < 4.78 is 0. The standard InChI is InChI=1S/C8H7N3O2.ClH/c9-4-1-2-5-6(3-4)10-11-7(5)8(12)13;/h1-3H,9H2,(H,10,11)(H,12,13);1H. The second kappa shape index (κ2) is 3.55. The van der Waals surface area contributed by atoms with Crippen LogP contribution in [0.4, 0.5) is 5.69 Å². The van der Waals surface area contributed by atoms with Gasteiger partial charge in [0.25, 0.3) is 0 Å². The summed E-state index contributed by atoms with van der Waals surface area (Å²) in [6.45, 7) is 0. The first-order valence-electron chi connectivity index (χ1n) is 3.65. The predicted octanol–water partition coefficient (Wildman–Crippen LogP) is 1.27. The number of aromatic carboxylic acids is 1. The zero-order valence-electron chi connectivity index (χ0n) is 7.02. The van der Waals surface area contributed by atoms with Crippen LogP contribution in [0.15, 0.2) is 18.2 Å². The molecule has 6 heteroatoms. The van der Waals surface area contributed by atoms with Gasteiger partial charge in [-0.25, -0.2) is 4.79 Å². The number of carboxylic acids is 1. The highest BCUT2D eigenvalue weighted by Crippen LogP contribution is 2.18. The summed E-state index contributed by atoms with van der Waals surface area (Å²) in [5, 5.41) is 15.6. The lowest BCUT2D eigenvalue weighted by Crippen LogP contribution is -1.96. The average molecular weight is 214 g/mol. The van der Waals surface area contributed by atoms with Crippen LogP contribution in [-0.2, 0) is 0 Å². The topological polar surface area (TPSA) is 92.0 Å². The quantitative estimate of drug-likeness (QED) is 0.622. The molecule has 0 saturated heterocycles. The Morgan fingerprint density at radius 3 is 2.86 bits per heavy atom. The van der Waals surface area contributed by atoms with Crippen molar-refractivity contribution < 1.29 is 9.90 Å². The summed E-state index contributed by atoms with van der Waals surface area (Å²) in [5.41, 5.74) is 6.75. The largest absolute Gasteiger partial charge is 0.476 e. The monoisotopic (exact) mass is 213 g/mol. The second-order valence-corrected chi connectivity index (χ2v) is 2.68. The maximum Gasteiger partial charge on any atom is 0.357 e. The van der Waals surface area contributed by atoms with Gasteiger partial charge >= 0.3 is 5.97 Å². The molecule has 4 N–H and O–H groups in total. The number of fused-ring (bicyclic) bond motifs is 1. The van der Waals surface area contributed by atoms with Crippen molar-refractivity contribution in [2.75, 3.05) is 5.73 Å². The van der Waals surface area contributed by atoms with Gasteiger partial charge in [-0.15, -0.1) is 12.4 Å². The summed E-state index contributed by atoms with van der Waals surface area (Å²) in [4.78, 5) is 10.6. The number of H-pyrrole nitrogens is 1. The number of anilines is 1. The van der Waals surface area contributed by atoms with Crippen LogP contribution in [0.5, 0.6) is 0 Å². The zero-order valence-corrected chi connectivity index (χ0v) is 7.84. The van der Waals surface area contributed by atoms with Crippen molar-refractivity contribution in [2.24, 2.45) is 0 Å². The summed E-state index contributed by atoms with van der Waals surface area (Å²) in [6.07, 6.45) is 0. The van der Waals surface area contributed by atoms with E-state index in [9.17, 15) is 4.79 Å². The summed E-state index contributed by atoms with van der Waals surface area (Å²) in [7, 11) is 0. The van der Waals surface area contributed by atoms with Crippen molar-refractivity contribution in [1.82, 2.24) is 10.2 Å². The number of nitrogen functional groups attached to an aromatic ring is 1. The van der Waals surface area contributed by atoms with Crippen molar-refractivity contribution in [3.05, 3.63) is 23.9 Å². The van der Waals surface area contributed by atoms with Crippen molar-refractivity contribution in [1.29, 1.82) is 0 Å². The van der Waals surface area contributed by atoms with Gasteiger partial charge in [0.2, 0.25) is 0 Å². The first-order valence-corrected chi connectivity index (χ1v) is 3.65. The molecule has 1 heterocycles. The lowest BCUT2D eigenvalue weighted by molar-refractivity contribution is 0.0692. The van der Waals surface area contributed by atoms with Gasteiger partial charge < -0.3 is 10.8 Å². The molecular formula is C8H8ClN3O2. The van der Waals surface area contributed by atoms with E-state index in [-0.39, 0.29) is 18.1 Å². The number of carboxylic acid groups (broad SMARTS) is 1. The van der Waals surface area contributed by atoms with Gasteiger partial charge in [0, 0.05) is 11.1 Å². The lowest BCUT2D eigenvalue weighted by Gasteiger charge is -1.92. The van der Waals surface area contributed by atoms with Crippen LogP contribution in [-0.4, -0.2) is 21.3 Å². The molecule has 0 unspecified atom stereocenters. The number of aromatic nitrogens is 2. The highest BCUT2D eigenvalue weighted by atomic mass is 35.5.